The van der Waals surface area contributed by atoms with Crippen molar-refractivity contribution in [2.24, 2.45) is 13.0 Å². The monoisotopic (exact) mass is 372 g/mol. The predicted octanol–water partition coefficient (Wildman–Crippen LogP) is 1.27. The number of aryl methyl sites for hydroxylation is 1. The second-order valence-corrected chi connectivity index (χ2v) is 6.40. The van der Waals surface area contributed by atoms with Gasteiger partial charge in [0.05, 0.1) is 5.39 Å². The molecule has 1 amide bonds. The van der Waals surface area contributed by atoms with E-state index >= 15 is 0 Å². The van der Waals surface area contributed by atoms with Crippen LogP contribution in [0.1, 0.15) is 26.5 Å². The van der Waals surface area contributed by atoms with E-state index in [1.165, 1.54) is 7.05 Å². The molecule has 2 heterocycles. The standard InChI is InChI=1S/C16H19F3N4O3/c1-8(2)9(3)20-12(24)7-23-14(25)10-5-6-11(16(17,18)19)21-13(10)22(4)15(23)26/h5-6,8-9H,7H2,1-4H3,(H,20,24). The Morgan fingerprint density at radius 2 is 1.85 bits per heavy atom. The SMILES string of the molecule is CC(C)C(C)NC(=O)Cn1c(=O)c2ccc(C(F)(F)F)nc2n(C)c1=O. The first-order chi connectivity index (χ1) is 11.9. The van der Waals surface area contributed by atoms with Crippen LogP contribution in [0.25, 0.3) is 11.0 Å². The summed E-state index contributed by atoms with van der Waals surface area (Å²) in [6.07, 6.45) is -4.70. The van der Waals surface area contributed by atoms with Gasteiger partial charge in [-0.05, 0) is 25.0 Å². The van der Waals surface area contributed by atoms with E-state index in [9.17, 15) is 27.6 Å². The largest absolute Gasteiger partial charge is 0.433 e. The molecule has 2 aromatic heterocycles. The molecule has 0 radical (unpaired) electrons. The Balaban J connectivity index is 2.52. The maximum atomic E-state index is 12.8. The van der Waals surface area contributed by atoms with Gasteiger partial charge in [-0.1, -0.05) is 13.8 Å². The summed E-state index contributed by atoms with van der Waals surface area (Å²) < 4.78 is 39.9. The van der Waals surface area contributed by atoms with Crippen molar-refractivity contribution in [1.29, 1.82) is 0 Å². The van der Waals surface area contributed by atoms with Gasteiger partial charge >= 0.3 is 11.9 Å². The lowest BCUT2D eigenvalue weighted by atomic mass is 10.1. The smallest absolute Gasteiger partial charge is 0.352 e. The molecule has 0 fully saturated rings. The van der Waals surface area contributed by atoms with Crippen LogP contribution in [0.3, 0.4) is 0 Å². The molecule has 0 aliphatic heterocycles. The highest BCUT2D eigenvalue weighted by Crippen LogP contribution is 2.28. The maximum absolute atomic E-state index is 12.8. The Morgan fingerprint density at radius 3 is 2.38 bits per heavy atom. The van der Waals surface area contributed by atoms with Gasteiger partial charge < -0.3 is 5.32 Å². The molecule has 0 aromatic carbocycles. The third-order valence-electron chi connectivity index (χ3n) is 4.17. The summed E-state index contributed by atoms with van der Waals surface area (Å²) in [7, 11) is 1.20. The van der Waals surface area contributed by atoms with Gasteiger partial charge in [0.2, 0.25) is 5.91 Å². The minimum Gasteiger partial charge on any atom is -0.352 e. The van der Waals surface area contributed by atoms with Crippen LogP contribution in [0.15, 0.2) is 21.7 Å². The van der Waals surface area contributed by atoms with Crippen LogP contribution in [-0.2, 0) is 24.6 Å². The fourth-order valence-corrected chi connectivity index (χ4v) is 2.28. The van der Waals surface area contributed by atoms with Crippen molar-refractivity contribution in [3.8, 4) is 0 Å². The van der Waals surface area contributed by atoms with Crippen LogP contribution in [0.4, 0.5) is 13.2 Å². The molecule has 1 atom stereocenters. The average Bonchev–Trinajstić information content (AvgIpc) is 2.55. The zero-order valence-corrected chi connectivity index (χ0v) is 14.7. The van der Waals surface area contributed by atoms with Crippen molar-refractivity contribution in [2.75, 3.05) is 0 Å². The summed E-state index contributed by atoms with van der Waals surface area (Å²) in [5.74, 6) is -0.385. The number of carbonyl (C=O) groups is 1. The van der Waals surface area contributed by atoms with Gasteiger partial charge in [0, 0.05) is 13.1 Å². The van der Waals surface area contributed by atoms with Gasteiger partial charge in [0.25, 0.3) is 5.56 Å². The van der Waals surface area contributed by atoms with E-state index < -0.39 is 35.6 Å². The number of halogens is 3. The van der Waals surface area contributed by atoms with Crippen molar-refractivity contribution in [3.05, 3.63) is 38.7 Å². The molecule has 0 bridgehead atoms. The first-order valence-electron chi connectivity index (χ1n) is 7.90. The topological polar surface area (TPSA) is 86.0 Å². The summed E-state index contributed by atoms with van der Waals surface area (Å²) >= 11 is 0. The molecule has 0 aliphatic carbocycles. The van der Waals surface area contributed by atoms with Crippen molar-refractivity contribution in [3.63, 3.8) is 0 Å². The number of carbonyl (C=O) groups excluding carboxylic acids is 1. The normalized spacial score (nSPS) is 13.2. The molecule has 0 saturated carbocycles. The van der Waals surface area contributed by atoms with Crippen LogP contribution >= 0.6 is 0 Å². The number of rotatable bonds is 4. The Kier molecular flexibility index (Phi) is 5.24. The van der Waals surface area contributed by atoms with Crippen molar-refractivity contribution in [1.82, 2.24) is 19.4 Å². The molecule has 2 rings (SSSR count). The molecule has 1 N–H and O–H groups in total. The van der Waals surface area contributed by atoms with Crippen LogP contribution in [0.2, 0.25) is 0 Å². The lowest BCUT2D eigenvalue weighted by Gasteiger charge is -2.18. The molecule has 0 spiro atoms. The van der Waals surface area contributed by atoms with Crippen LogP contribution < -0.4 is 16.6 Å². The number of hydrogen-bond donors (Lipinski definition) is 1. The van der Waals surface area contributed by atoms with Gasteiger partial charge in [-0.2, -0.15) is 13.2 Å². The number of nitrogens with zero attached hydrogens (tertiary/aromatic N) is 3. The predicted molar refractivity (Wildman–Crippen MR) is 88.7 cm³/mol. The third-order valence-corrected chi connectivity index (χ3v) is 4.17. The zero-order valence-electron chi connectivity index (χ0n) is 14.7. The van der Waals surface area contributed by atoms with E-state index in [2.05, 4.69) is 10.3 Å². The van der Waals surface area contributed by atoms with Gasteiger partial charge in [-0.3, -0.25) is 18.7 Å². The lowest BCUT2D eigenvalue weighted by molar-refractivity contribution is -0.141. The first-order valence-corrected chi connectivity index (χ1v) is 7.90. The van der Waals surface area contributed by atoms with Gasteiger partial charge in [-0.25, -0.2) is 9.78 Å². The van der Waals surface area contributed by atoms with E-state index in [1.54, 1.807) is 6.92 Å². The third kappa shape index (κ3) is 3.78. The number of aromatic nitrogens is 3. The minimum atomic E-state index is -4.70. The van der Waals surface area contributed by atoms with Gasteiger partial charge in [0.15, 0.2) is 0 Å². The molecular weight excluding hydrogens is 353 g/mol. The maximum Gasteiger partial charge on any atom is 0.433 e. The van der Waals surface area contributed by atoms with E-state index in [1.807, 2.05) is 13.8 Å². The summed E-state index contributed by atoms with van der Waals surface area (Å²) in [6, 6.07) is 1.45. The molecule has 0 aliphatic rings. The molecule has 26 heavy (non-hydrogen) atoms. The Bertz CT molecular complexity index is 960. The Hall–Kier alpha value is -2.65. The number of amides is 1. The number of pyridine rings is 1. The van der Waals surface area contributed by atoms with Crippen LogP contribution in [0, 0.1) is 5.92 Å². The summed E-state index contributed by atoms with van der Waals surface area (Å²) in [5, 5.41) is 2.49. The van der Waals surface area contributed by atoms with Gasteiger partial charge in [-0.15, -0.1) is 0 Å². The first kappa shape index (κ1) is 19.7. The molecule has 10 heteroatoms. The molecule has 0 saturated heterocycles. The number of alkyl halides is 3. The van der Waals surface area contributed by atoms with Crippen molar-refractivity contribution >= 4 is 16.9 Å². The van der Waals surface area contributed by atoms with Crippen molar-refractivity contribution in [2.45, 2.75) is 39.5 Å². The molecule has 1 unspecified atom stereocenters. The molecule has 2 aromatic rings. The fourth-order valence-electron chi connectivity index (χ4n) is 2.28. The summed E-state index contributed by atoms with van der Waals surface area (Å²) in [5.41, 5.74) is -3.37. The van der Waals surface area contributed by atoms with E-state index in [4.69, 9.17) is 0 Å². The van der Waals surface area contributed by atoms with Crippen LogP contribution in [0.5, 0.6) is 0 Å². The fraction of sp³-hybridized carbons (Fsp3) is 0.500. The highest BCUT2D eigenvalue weighted by molar-refractivity contribution is 5.77. The van der Waals surface area contributed by atoms with E-state index in [0.29, 0.717) is 10.6 Å². The molecular formula is C16H19F3N4O3. The second-order valence-electron chi connectivity index (χ2n) is 6.40. The summed E-state index contributed by atoms with van der Waals surface area (Å²) in [4.78, 5) is 40.3. The minimum absolute atomic E-state index is 0.153. The number of nitrogens with one attached hydrogen (secondary N) is 1. The van der Waals surface area contributed by atoms with Crippen LogP contribution in [-0.4, -0.2) is 26.1 Å². The van der Waals surface area contributed by atoms with Crippen molar-refractivity contribution < 1.29 is 18.0 Å². The van der Waals surface area contributed by atoms with E-state index in [-0.39, 0.29) is 23.0 Å². The lowest BCUT2D eigenvalue weighted by Crippen LogP contribution is -2.45. The number of fused-ring (bicyclic) bond motifs is 1. The Morgan fingerprint density at radius 1 is 1.23 bits per heavy atom. The Labute approximate surface area is 146 Å². The quantitative estimate of drug-likeness (QED) is 0.876. The summed E-state index contributed by atoms with van der Waals surface area (Å²) in [6.45, 7) is 5.05. The highest BCUT2D eigenvalue weighted by atomic mass is 19.4. The van der Waals surface area contributed by atoms with E-state index in [0.717, 1.165) is 10.6 Å². The van der Waals surface area contributed by atoms with Gasteiger partial charge in [0.1, 0.15) is 17.9 Å². The number of hydrogen-bond acceptors (Lipinski definition) is 4. The molecule has 142 valence electrons. The second kappa shape index (κ2) is 6.93. The molecule has 7 nitrogen and oxygen atoms in total. The highest BCUT2D eigenvalue weighted by Gasteiger charge is 2.33. The zero-order chi connectivity index (χ0) is 19.8. The average molecular weight is 372 g/mol.